The van der Waals surface area contributed by atoms with Crippen LogP contribution in [0.25, 0.3) is 0 Å². The predicted molar refractivity (Wildman–Crippen MR) is 57.3 cm³/mol. The van der Waals surface area contributed by atoms with Gasteiger partial charge in [-0.05, 0) is 46.0 Å². The Hall–Kier alpha value is -0.450. The molecular formula is C10H13BrFNO. The van der Waals surface area contributed by atoms with Crippen LogP contribution in [0.4, 0.5) is 4.39 Å². The second-order valence-corrected chi connectivity index (χ2v) is 3.88. The van der Waals surface area contributed by atoms with E-state index < -0.39 is 0 Å². The van der Waals surface area contributed by atoms with Gasteiger partial charge < -0.3 is 4.84 Å². The number of nitrogens with two attached hydrogens (primary N) is 1. The van der Waals surface area contributed by atoms with Crippen LogP contribution in [0.3, 0.4) is 0 Å². The highest BCUT2D eigenvalue weighted by Crippen LogP contribution is 2.22. The van der Waals surface area contributed by atoms with Gasteiger partial charge in [0.1, 0.15) is 5.82 Å². The molecule has 0 aliphatic carbocycles. The number of hydrogen-bond acceptors (Lipinski definition) is 2. The summed E-state index contributed by atoms with van der Waals surface area (Å²) in [5.41, 5.74) is 1.74. The lowest BCUT2D eigenvalue weighted by molar-refractivity contribution is 0.141. The maximum absolute atomic E-state index is 13.4. The van der Waals surface area contributed by atoms with Crippen LogP contribution in [0.2, 0.25) is 0 Å². The summed E-state index contributed by atoms with van der Waals surface area (Å²) in [6, 6.07) is 3.60. The predicted octanol–water partition coefficient (Wildman–Crippen LogP) is 2.58. The van der Waals surface area contributed by atoms with Crippen molar-refractivity contribution in [2.45, 2.75) is 19.8 Å². The maximum atomic E-state index is 13.4. The first-order chi connectivity index (χ1) is 6.69. The van der Waals surface area contributed by atoms with Crippen molar-refractivity contribution in [3.63, 3.8) is 0 Å². The highest BCUT2D eigenvalue weighted by atomic mass is 79.9. The quantitative estimate of drug-likeness (QED) is 0.846. The van der Waals surface area contributed by atoms with E-state index in [0.29, 0.717) is 29.5 Å². The minimum absolute atomic E-state index is 0.176. The molecule has 0 aromatic heterocycles. The molecule has 0 spiro atoms. The van der Waals surface area contributed by atoms with E-state index in [1.54, 1.807) is 6.07 Å². The van der Waals surface area contributed by atoms with Crippen molar-refractivity contribution in [1.29, 1.82) is 0 Å². The van der Waals surface area contributed by atoms with Crippen molar-refractivity contribution >= 4 is 15.9 Å². The fraction of sp³-hybridized carbons (Fsp3) is 0.400. The van der Waals surface area contributed by atoms with Crippen LogP contribution in [0.5, 0.6) is 0 Å². The zero-order valence-electron chi connectivity index (χ0n) is 8.02. The number of benzene rings is 1. The lowest BCUT2D eigenvalue weighted by Crippen LogP contribution is -2.04. The van der Waals surface area contributed by atoms with Gasteiger partial charge >= 0.3 is 0 Å². The molecule has 0 amide bonds. The molecule has 0 bridgehead atoms. The zero-order chi connectivity index (χ0) is 10.6. The minimum atomic E-state index is -0.176. The molecule has 1 rings (SSSR count). The van der Waals surface area contributed by atoms with E-state index in [9.17, 15) is 4.39 Å². The molecular weight excluding hydrogens is 249 g/mol. The van der Waals surface area contributed by atoms with Crippen molar-refractivity contribution in [3.8, 4) is 0 Å². The standard InChI is InChI=1S/C10H13BrFNO/c1-2-8-5-7(3-4-14-13)6-9(11)10(8)12/h5-6H,2-4,13H2,1H3. The summed E-state index contributed by atoms with van der Waals surface area (Å²) in [5.74, 6) is 4.75. The number of halogens is 2. The normalized spacial score (nSPS) is 10.6. The molecule has 0 saturated heterocycles. The van der Waals surface area contributed by atoms with E-state index >= 15 is 0 Å². The van der Waals surface area contributed by atoms with Crippen LogP contribution in [0.15, 0.2) is 16.6 Å². The molecule has 0 aliphatic heterocycles. The second-order valence-electron chi connectivity index (χ2n) is 3.03. The molecule has 78 valence electrons. The third-order valence-corrected chi connectivity index (χ3v) is 2.63. The Morgan fingerprint density at radius 1 is 1.50 bits per heavy atom. The summed E-state index contributed by atoms with van der Waals surface area (Å²) < 4.78 is 13.9. The molecule has 0 aliphatic rings. The largest absolute Gasteiger partial charge is 0.304 e. The Kier molecular flexibility index (Phi) is 4.51. The van der Waals surface area contributed by atoms with Crippen molar-refractivity contribution in [1.82, 2.24) is 0 Å². The minimum Gasteiger partial charge on any atom is -0.304 e. The first-order valence-corrected chi connectivity index (χ1v) is 5.26. The summed E-state index contributed by atoms with van der Waals surface area (Å²) >= 11 is 3.18. The Morgan fingerprint density at radius 2 is 2.21 bits per heavy atom. The van der Waals surface area contributed by atoms with Crippen LogP contribution >= 0.6 is 15.9 Å². The highest BCUT2D eigenvalue weighted by molar-refractivity contribution is 9.10. The summed E-state index contributed by atoms with van der Waals surface area (Å²) in [6.45, 7) is 2.37. The third-order valence-electron chi connectivity index (χ3n) is 2.05. The first-order valence-electron chi connectivity index (χ1n) is 4.47. The van der Waals surface area contributed by atoms with Gasteiger partial charge in [-0.3, -0.25) is 0 Å². The molecule has 0 saturated carbocycles. The first kappa shape index (κ1) is 11.6. The zero-order valence-corrected chi connectivity index (χ0v) is 9.60. The van der Waals surface area contributed by atoms with Gasteiger partial charge in [-0.15, -0.1) is 0 Å². The Labute approximate surface area is 91.3 Å². The number of rotatable bonds is 4. The van der Waals surface area contributed by atoms with Crippen LogP contribution < -0.4 is 5.90 Å². The maximum Gasteiger partial charge on any atom is 0.140 e. The van der Waals surface area contributed by atoms with E-state index in [2.05, 4.69) is 20.8 Å². The molecule has 0 atom stereocenters. The monoisotopic (exact) mass is 261 g/mol. The van der Waals surface area contributed by atoms with E-state index in [4.69, 9.17) is 5.90 Å². The van der Waals surface area contributed by atoms with Gasteiger partial charge in [-0.1, -0.05) is 13.0 Å². The van der Waals surface area contributed by atoms with Gasteiger partial charge in [0.2, 0.25) is 0 Å². The van der Waals surface area contributed by atoms with Crippen molar-refractivity contribution in [2.75, 3.05) is 6.61 Å². The average molecular weight is 262 g/mol. The Bertz CT molecular complexity index is 317. The highest BCUT2D eigenvalue weighted by Gasteiger charge is 2.07. The number of aryl methyl sites for hydroxylation is 1. The second kappa shape index (κ2) is 5.44. The molecule has 0 unspecified atom stereocenters. The average Bonchev–Trinajstić information content (AvgIpc) is 2.19. The van der Waals surface area contributed by atoms with E-state index in [0.717, 1.165) is 5.56 Å². The van der Waals surface area contributed by atoms with Gasteiger partial charge in [0, 0.05) is 0 Å². The Morgan fingerprint density at radius 3 is 2.79 bits per heavy atom. The van der Waals surface area contributed by atoms with Gasteiger partial charge in [0.05, 0.1) is 11.1 Å². The lowest BCUT2D eigenvalue weighted by atomic mass is 10.1. The van der Waals surface area contributed by atoms with Gasteiger partial charge in [-0.2, -0.15) is 0 Å². The smallest absolute Gasteiger partial charge is 0.140 e. The van der Waals surface area contributed by atoms with Gasteiger partial charge in [0.15, 0.2) is 0 Å². The topological polar surface area (TPSA) is 35.2 Å². The molecule has 0 radical (unpaired) electrons. The molecule has 14 heavy (non-hydrogen) atoms. The van der Waals surface area contributed by atoms with E-state index in [1.807, 2.05) is 13.0 Å². The van der Waals surface area contributed by atoms with Crippen molar-refractivity contribution in [3.05, 3.63) is 33.5 Å². The summed E-state index contributed by atoms with van der Waals surface area (Å²) in [5, 5.41) is 0. The molecule has 0 heterocycles. The summed E-state index contributed by atoms with van der Waals surface area (Å²) in [4.78, 5) is 4.48. The van der Waals surface area contributed by atoms with Gasteiger partial charge in [-0.25, -0.2) is 10.3 Å². The van der Waals surface area contributed by atoms with Crippen LogP contribution in [-0.2, 0) is 17.7 Å². The van der Waals surface area contributed by atoms with Crippen molar-refractivity contribution in [2.24, 2.45) is 5.90 Å². The fourth-order valence-electron chi connectivity index (χ4n) is 1.29. The number of hydrogen-bond donors (Lipinski definition) is 1. The van der Waals surface area contributed by atoms with Gasteiger partial charge in [0.25, 0.3) is 0 Å². The molecule has 2 N–H and O–H groups in total. The van der Waals surface area contributed by atoms with Crippen LogP contribution in [-0.4, -0.2) is 6.61 Å². The van der Waals surface area contributed by atoms with E-state index in [-0.39, 0.29) is 5.82 Å². The SMILES string of the molecule is CCc1cc(CCON)cc(Br)c1F. The van der Waals surface area contributed by atoms with Crippen molar-refractivity contribution < 1.29 is 9.23 Å². The summed E-state index contributed by atoms with van der Waals surface area (Å²) in [7, 11) is 0. The Balaban J connectivity index is 2.91. The lowest BCUT2D eigenvalue weighted by Gasteiger charge is -2.06. The molecule has 4 heteroatoms. The van der Waals surface area contributed by atoms with E-state index in [1.165, 1.54) is 0 Å². The molecule has 1 aromatic carbocycles. The molecule has 2 nitrogen and oxygen atoms in total. The third kappa shape index (κ3) is 2.77. The molecule has 1 aromatic rings. The summed E-state index contributed by atoms with van der Waals surface area (Å²) in [6.07, 6.45) is 1.38. The fourth-order valence-corrected chi connectivity index (χ4v) is 1.84. The van der Waals surface area contributed by atoms with Crippen LogP contribution in [0.1, 0.15) is 18.1 Å². The van der Waals surface area contributed by atoms with Crippen LogP contribution in [0, 0.1) is 5.82 Å². The molecule has 0 fully saturated rings.